The third-order valence-corrected chi connectivity index (χ3v) is 4.40. The second-order valence-corrected chi connectivity index (χ2v) is 6.01. The molecule has 0 aliphatic rings. The molecule has 0 fully saturated rings. The van der Waals surface area contributed by atoms with Gasteiger partial charge in [-0.25, -0.2) is 0 Å². The van der Waals surface area contributed by atoms with Gasteiger partial charge < -0.3 is 12.4 Å². The number of hydrogen-bond acceptors (Lipinski definition) is 0. The molecule has 0 saturated heterocycles. The maximum absolute atomic E-state index is 2.27. The summed E-state index contributed by atoms with van der Waals surface area (Å²) >= 11 is 0. The number of rotatable bonds is 6. The maximum Gasteiger partial charge on any atom is 0.138 e. The van der Waals surface area contributed by atoms with Crippen molar-refractivity contribution < 1.29 is 12.4 Å². The van der Waals surface area contributed by atoms with Gasteiger partial charge in [-0.3, -0.25) is 4.48 Å². The first-order valence-corrected chi connectivity index (χ1v) is 8.37. The van der Waals surface area contributed by atoms with E-state index in [-0.39, 0.29) is 12.4 Å². The molecule has 0 aromatic heterocycles. The summed E-state index contributed by atoms with van der Waals surface area (Å²) in [5.41, 5.74) is 4.07. The third-order valence-electron chi connectivity index (χ3n) is 4.40. The fourth-order valence-electron chi connectivity index (χ4n) is 3.37. The lowest BCUT2D eigenvalue weighted by atomic mass is 10.1. The van der Waals surface area contributed by atoms with E-state index >= 15 is 0 Å². The van der Waals surface area contributed by atoms with Crippen LogP contribution in [0, 0.1) is 0 Å². The highest BCUT2D eigenvalue weighted by Crippen LogP contribution is 2.37. The average Bonchev–Trinajstić information content (AvgIpc) is 2.64. The first-order chi connectivity index (χ1) is 11.3. The molecule has 3 aromatic carbocycles. The highest BCUT2D eigenvalue weighted by Gasteiger charge is 2.32. The van der Waals surface area contributed by atoms with Crippen LogP contribution in [0.3, 0.4) is 0 Å². The van der Waals surface area contributed by atoms with Gasteiger partial charge in [-0.1, -0.05) is 73.7 Å². The van der Waals surface area contributed by atoms with Crippen LogP contribution in [0.5, 0.6) is 0 Å². The Morgan fingerprint density at radius 3 is 1.46 bits per heavy atom. The van der Waals surface area contributed by atoms with E-state index < -0.39 is 0 Å². The molecule has 2 heteroatoms. The number of benzene rings is 3. The average molecular weight is 338 g/mol. The second kappa shape index (κ2) is 8.68. The van der Waals surface area contributed by atoms with Crippen molar-refractivity contribution in [2.24, 2.45) is 0 Å². The molecule has 0 aliphatic carbocycles. The summed E-state index contributed by atoms with van der Waals surface area (Å²) in [6.45, 7) is 4.33. The summed E-state index contributed by atoms with van der Waals surface area (Å²) in [6.07, 6.45) is 1.14. The van der Waals surface area contributed by atoms with E-state index in [0.29, 0.717) is 0 Å². The Morgan fingerprint density at radius 1 is 0.625 bits per heavy atom. The minimum atomic E-state index is 0. The van der Waals surface area contributed by atoms with E-state index in [9.17, 15) is 0 Å². The Hall–Kier alpha value is -2.09. The van der Waals surface area contributed by atoms with Gasteiger partial charge in [0.2, 0.25) is 0 Å². The predicted octanol–water partition coefficient (Wildman–Crippen LogP) is 2.94. The fourth-order valence-corrected chi connectivity index (χ4v) is 3.37. The molecule has 0 spiro atoms. The Morgan fingerprint density at radius 2 is 1.04 bits per heavy atom. The van der Waals surface area contributed by atoms with Crippen LogP contribution in [-0.4, -0.2) is 6.54 Å². The standard InChI is InChI=1S/C22H24N.ClH/c1-2-18-23(21-14-8-4-9-15-21,22-16-10-5-11-17-22)19-20-12-6-3-7-13-20;/h3-17H,2,18-19H2,1H3;1H/q+1;/p-1. The van der Waals surface area contributed by atoms with Crippen molar-refractivity contribution in [2.45, 2.75) is 19.9 Å². The first kappa shape index (κ1) is 18.3. The molecular weight excluding hydrogens is 314 g/mol. The molecule has 24 heavy (non-hydrogen) atoms. The summed E-state index contributed by atoms with van der Waals surface area (Å²) < 4.78 is 0.863. The molecule has 0 radical (unpaired) electrons. The van der Waals surface area contributed by atoms with E-state index in [1.54, 1.807) is 0 Å². The molecule has 0 amide bonds. The summed E-state index contributed by atoms with van der Waals surface area (Å²) in [7, 11) is 0. The Balaban J connectivity index is 0.00000208. The molecule has 0 atom stereocenters. The molecule has 124 valence electrons. The predicted molar refractivity (Wildman–Crippen MR) is 99.6 cm³/mol. The molecule has 0 bridgehead atoms. The Kier molecular flexibility index (Phi) is 6.60. The van der Waals surface area contributed by atoms with Crippen LogP contribution in [0.1, 0.15) is 18.9 Å². The summed E-state index contributed by atoms with van der Waals surface area (Å²) in [5.74, 6) is 0. The van der Waals surface area contributed by atoms with Gasteiger partial charge in [0.05, 0.1) is 6.54 Å². The largest absolute Gasteiger partial charge is 1.00 e. The fraction of sp³-hybridized carbons (Fsp3) is 0.182. The zero-order chi connectivity index (χ0) is 16.0. The van der Waals surface area contributed by atoms with Crippen LogP contribution in [0.4, 0.5) is 11.4 Å². The molecule has 0 unspecified atom stereocenters. The number of hydrogen-bond donors (Lipinski definition) is 0. The van der Waals surface area contributed by atoms with Gasteiger partial charge in [0.25, 0.3) is 0 Å². The number of nitrogens with zero attached hydrogens (tertiary/aromatic N) is 1. The van der Waals surface area contributed by atoms with E-state index in [1.165, 1.54) is 16.9 Å². The third kappa shape index (κ3) is 3.87. The first-order valence-electron chi connectivity index (χ1n) is 8.37. The van der Waals surface area contributed by atoms with Gasteiger partial charge in [0.1, 0.15) is 17.9 Å². The van der Waals surface area contributed by atoms with Gasteiger partial charge in [-0.15, -0.1) is 0 Å². The zero-order valence-electron chi connectivity index (χ0n) is 14.1. The van der Waals surface area contributed by atoms with Crippen LogP contribution in [0.2, 0.25) is 0 Å². The molecule has 3 aromatic rings. The quantitative estimate of drug-likeness (QED) is 0.607. The van der Waals surface area contributed by atoms with Crippen molar-refractivity contribution in [1.29, 1.82) is 0 Å². The highest BCUT2D eigenvalue weighted by molar-refractivity contribution is 5.58. The zero-order valence-corrected chi connectivity index (χ0v) is 14.9. The lowest BCUT2D eigenvalue weighted by molar-refractivity contribution is -0.00000464. The minimum Gasteiger partial charge on any atom is -1.00 e. The van der Waals surface area contributed by atoms with Crippen LogP contribution in [-0.2, 0) is 6.54 Å². The van der Waals surface area contributed by atoms with Crippen molar-refractivity contribution >= 4 is 11.4 Å². The number of quaternary nitrogens is 1. The SMILES string of the molecule is CCC[N+](Cc1ccccc1)(c1ccccc1)c1ccccc1.[Cl-]. The molecule has 0 aliphatic heterocycles. The lowest BCUT2D eigenvalue weighted by Gasteiger charge is -2.38. The van der Waals surface area contributed by atoms with Crippen LogP contribution >= 0.6 is 0 Å². The summed E-state index contributed by atoms with van der Waals surface area (Å²) in [4.78, 5) is 0. The van der Waals surface area contributed by atoms with Crippen LogP contribution in [0.25, 0.3) is 0 Å². The van der Waals surface area contributed by atoms with Gasteiger partial charge >= 0.3 is 0 Å². The lowest BCUT2D eigenvalue weighted by Crippen LogP contribution is -3.00. The minimum absolute atomic E-state index is 0. The molecular formula is C22H24ClN. The van der Waals surface area contributed by atoms with Crippen LogP contribution < -0.4 is 16.9 Å². The Bertz CT molecular complexity index is 671. The smallest absolute Gasteiger partial charge is 0.138 e. The van der Waals surface area contributed by atoms with Crippen molar-refractivity contribution in [3.8, 4) is 0 Å². The van der Waals surface area contributed by atoms with Crippen molar-refractivity contribution in [3.05, 3.63) is 96.6 Å². The molecule has 0 saturated carbocycles. The highest BCUT2D eigenvalue weighted by atomic mass is 35.5. The topological polar surface area (TPSA) is 0 Å². The van der Waals surface area contributed by atoms with Crippen molar-refractivity contribution in [1.82, 2.24) is 4.48 Å². The number of para-hydroxylation sites is 2. The molecule has 0 N–H and O–H groups in total. The number of halogens is 1. The van der Waals surface area contributed by atoms with E-state index in [2.05, 4.69) is 97.9 Å². The van der Waals surface area contributed by atoms with E-state index in [4.69, 9.17) is 0 Å². The monoisotopic (exact) mass is 337 g/mol. The van der Waals surface area contributed by atoms with Gasteiger partial charge in [-0.05, 0) is 30.7 Å². The van der Waals surface area contributed by atoms with Gasteiger partial charge in [0.15, 0.2) is 0 Å². The van der Waals surface area contributed by atoms with Crippen molar-refractivity contribution in [2.75, 3.05) is 6.54 Å². The van der Waals surface area contributed by atoms with E-state index in [1.807, 2.05) is 0 Å². The van der Waals surface area contributed by atoms with Gasteiger partial charge in [0, 0.05) is 5.56 Å². The van der Waals surface area contributed by atoms with Crippen molar-refractivity contribution in [3.63, 3.8) is 0 Å². The van der Waals surface area contributed by atoms with Gasteiger partial charge in [-0.2, -0.15) is 0 Å². The second-order valence-electron chi connectivity index (χ2n) is 6.01. The summed E-state index contributed by atoms with van der Waals surface area (Å²) in [6, 6.07) is 32.6. The Labute approximate surface area is 151 Å². The van der Waals surface area contributed by atoms with E-state index in [0.717, 1.165) is 24.0 Å². The maximum atomic E-state index is 2.27. The van der Waals surface area contributed by atoms with Crippen LogP contribution in [0.15, 0.2) is 91.0 Å². The normalized spacial score (nSPS) is 10.9. The molecule has 1 nitrogen and oxygen atoms in total. The molecule has 3 rings (SSSR count). The summed E-state index contributed by atoms with van der Waals surface area (Å²) in [5, 5.41) is 0. The molecule has 0 heterocycles.